The van der Waals surface area contributed by atoms with E-state index in [2.05, 4.69) is 15.5 Å². The number of halogens is 2. The number of anilines is 1. The van der Waals surface area contributed by atoms with Crippen molar-refractivity contribution in [3.63, 3.8) is 0 Å². The van der Waals surface area contributed by atoms with E-state index in [1.807, 2.05) is 0 Å². The van der Waals surface area contributed by atoms with Crippen LogP contribution in [0.5, 0.6) is 0 Å². The molecule has 4 aliphatic rings. The Morgan fingerprint density at radius 3 is 2.72 bits per heavy atom. The lowest BCUT2D eigenvalue weighted by Crippen LogP contribution is -2.57. The second-order valence-corrected chi connectivity index (χ2v) is 11.4. The van der Waals surface area contributed by atoms with E-state index < -0.39 is 4.92 Å². The number of rotatable bonds is 7. The van der Waals surface area contributed by atoms with E-state index in [0.717, 1.165) is 44.1 Å². The van der Waals surface area contributed by atoms with Gasteiger partial charge in [0, 0.05) is 12.6 Å². The molecule has 2 heterocycles. The van der Waals surface area contributed by atoms with Crippen molar-refractivity contribution in [1.29, 1.82) is 0 Å². The van der Waals surface area contributed by atoms with Crippen molar-refractivity contribution in [1.82, 2.24) is 19.6 Å². The first-order valence-electron chi connectivity index (χ1n) is 12.2. The number of hydrogen-bond donors (Lipinski definition) is 1. The Kier molecular flexibility index (Phi) is 5.40. The first-order chi connectivity index (χ1) is 17.2. The summed E-state index contributed by atoms with van der Waals surface area (Å²) >= 11 is 6.35. The molecular formula is C25H26ClFN6O3. The predicted octanol–water partition coefficient (Wildman–Crippen LogP) is 5.15. The third-order valence-corrected chi connectivity index (χ3v) is 8.44. The van der Waals surface area contributed by atoms with E-state index in [1.165, 1.54) is 18.3 Å². The van der Waals surface area contributed by atoms with Crippen LogP contribution in [0.3, 0.4) is 0 Å². The van der Waals surface area contributed by atoms with Gasteiger partial charge in [0.05, 0.1) is 17.0 Å². The molecule has 0 radical (unpaired) electrons. The molecule has 2 aromatic heterocycles. The molecule has 1 amide bonds. The first-order valence-corrected chi connectivity index (χ1v) is 12.6. The van der Waals surface area contributed by atoms with Crippen molar-refractivity contribution in [2.24, 2.45) is 17.3 Å². The van der Waals surface area contributed by atoms with Gasteiger partial charge in [0.1, 0.15) is 23.2 Å². The van der Waals surface area contributed by atoms with Crippen molar-refractivity contribution in [3.05, 3.63) is 69.4 Å². The molecule has 4 fully saturated rings. The summed E-state index contributed by atoms with van der Waals surface area (Å²) in [5.41, 5.74) is 0.291. The molecule has 1 N–H and O–H groups in total. The number of nitro groups is 1. The molecule has 7 rings (SSSR count). The van der Waals surface area contributed by atoms with Crippen molar-refractivity contribution >= 4 is 29.0 Å². The van der Waals surface area contributed by atoms with Gasteiger partial charge in [-0.2, -0.15) is 10.2 Å². The second-order valence-electron chi connectivity index (χ2n) is 11.0. The van der Waals surface area contributed by atoms with Gasteiger partial charge in [0.2, 0.25) is 5.91 Å². The van der Waals surface area contributed by atoms with Gasteiger partial charge in [0.25, 0.3) is 0 Å². The van der Waals surface area contributed by atoms with Gasteiger partial charge in [-0.3, -0.25) is 24.3 Å². The Bertz CT molecular complexity index is 1340. The van der Waals surface area contributed by atoms with E-state index in [0.29, 0.717) is 35.6 Å². The summed E-state index contributed by atoms with van der Waals surface area (Å²) in [4.78, 5) is 24.0. The molecule has 188 valence electrons. The summed E-state index contributed by atoms with van der Waals surface area (Å²) in [6.07, 6.45) is 10.6. The van der Waals surface area contributed by atoms with Gasteiger partial charge >= 0.3 is 5.69 Å². The average Bonchev–Trinajstić information content (AvgIpc) is 3.40. The predicted molar refractivity (Wildman–Crippen MR) is 130 cm³/mol. The minimum atomic E-state index is -0.412. The normalized spacial score (nSPS) is 28.4. The zero-order valence-electron chi connectivity index (χ0n) is 19.6. The van der Waals surface area contributed by atoms with Crippen LogP contribution in [0.1, 0.15) is 50.5 Å². The van der Waals surface area contributed by atoms with E-state index in [-0.39, 0.29) is 28.4 Å². The average molecular weight is 513 g/mol. The Labute approximate surface area is 211 Å². The number of carbonyl (C=O) groups is 1. The van der Waals surface area contributed by atoms with Crippen LogP contribution in [0.2, 0.25) is 5.02 Å². The van der Waals surface area contributed by atoms with Crippen LogP contribution in [-0.2, 0) is 16.9 Å². The Hall–Kier alpha value is -3.27. The van der Waals surface area contributed by atoms with Crippen LogP contribution < -0.4 is 5.32 Å². The highest BCUT2D eigenvalue weighted by Crippen LogP contribution is 2.65. The number of nitrogens with one attached hydrogen (secondary N) is 1. The molecule has 4 aliphatic carbocycles. The fourth-order valence-corrected chi connectivity index (χ4v) is 7.64. The zero-order valence-corrected chi connectivity index (χ0v) is 20.3. The maximum Gasteiger partial charge on any atom is 0.307 e. The topological polar surface area (TPSA) is 108 Å². The summed E-state index contributed by atoms with van der Waals surface area (Å²) < 4.78 is 16.9. The number of hydrogen-bond acceptors (Lipinski definition) is 5. The molecule has 4 saturated carbocycles. The number of aromatic nitrogens is 4. The summed E-state index contributed by atoms with van der Waals surface area (Å²) in [7, 11) is 0. The van der Waals surface area contributed by atoms with Crippen LogP contribution in [0.25, 0.3) is 0 Å². The summed E-state index contributed by atoms with van der Waals surface area (Å²) in [5, 5.41) is 23.2. The van der Waals surface area contributed by atoms with Gasteiger partial charge in [-0.1, -0.05) is 23.7 Å². The Morgan fingerprint density at radius 2 is 2.03 bits per heavy atom. The number of carbonyl (C=O) groups excluding carboxylic acids is 1. The summed E-state index contributed by atoms with van der Waals surface area (Å²) in [5.74, 6) is 0.793. The van der Waals surface area contributed by atoms with Crippen molar-refractivity contribution in [2.45, 2.75) is 57.0 Å². The minimum Gasteiger partial charge on any atom is -0.308 e. The SMILES string of the molecule is O=C(CC12CC3CC(C1)CC(n1cc([N+](=O)[O-])cn1)(C3)C2)Nc1nn(Cc2cccc(F)c2)cc1Cl. The number of benzene rings is 1. The van der Waals surface area contributed by atoms with E-state index >= 15 is 0 Å². The van der Waals surface area contributed by atoms with Crippen LogP contribution in [0.15, 0.2) is 42.9 Å². The van der Waals surface area contributed by atoms with Gasteiger partial charge in [-0.05, 0) is 73.5 Å². The highest BCUT2D eigenvalue weighted by atomic mass is 35.5. The van der Waals surface area contributed by atoms with Crippen LogP contribution in [0, 0.1) is 33.2 Å². The van der Waals surface area contributed by atoms with Gasteiger partial charge < -0.3 is 5.32 Å². The maximum absolute atomic E-state index is 13.5. The lowest BCUT2D eigenvalue weighted by molar-refractivity contribution is -0.385. The molecule has 11 heteroatoms. The second kappa shape index (κ2) is 8.40. The van der Waals surface area contributed by atoms with E-state index in [4.69, 9.17) is 11.6 Å². The third kappa shape index (κ3) is 4.17. The molecule has 3 aromatic rings. The van der Waals surface area contributed by atoms with E-state index in [9.17, 15) is 19.3 Å². The van der Waals surface area contributed by atoms with Gasteiger partial charge in [-0.25, -0.2) is 4.39 Å². The fraction of sp³-hybridized carbons (Fsp3) is 0.480. The van der Waals surface area contributed by atoms with Gasteiger partial charge in [-0.15, -0.1) is 0 Å². The van der Waals surface area contributed by atoms with Crippen molar-refractivity contribution < 1.29 is 14.1 Å². The van der Waals surface area contributed by atoms with Crippen LogP contribution in [0.4, 0.5) is 15.9 Å². The third-order valence-electron chi connectivity index (χ3n) is 8.16. The quantitative estimate of drug-likeness (QED) is 0.348. The highest BCUT2D eigenvalue weighted by Gasteiger charge is 2.59. The van der Waals surface area contributed by atoms with Crippen molar-refractivity contribution in [3.8, 4) is 0 Å². The Balaban J connectivity index is 1.18. The van der Waals surface area contributed by atoms with Crippen LogP contribution in [-0.4, -0.2) is 30.4 Å². The van der Waals surface area contributed by atoms with Gasteiger partial charge in [0.15, 0.2) is 5.82 Å². The molecule has 36 heavy (non-hydrogen) atoms. The zero-order chi connectivity index (χ0) is 25.1. The molecule has 4 bridgehead atoms. The molecule has 0 saturated heterocycles. The molecular weight excluding hydrogens is 487 g/mol. The minimum absolute atomic E-state index is 0.000933. The van der Waals surface area contributed by atoms with E-state index in [1.54, 1.807) is 33.9 Å². The largest absolute Gasteiger partial charge is 0.308 e. The number of nitrogens with zero attached hydrogens (tertiary/aromatic N) is 5. The lowest BCUT2D eigenvalue weighted by atomic mass is 9.46. The lowest BCUT2D eigenvalue weighted by Gasteiger charge is -2.61. The monoisotopic (exact) mass is 512 g/mol. The van der Waals surface area contributed by atoms with Crippen LogP contribution >= 0.6 is 11.6 Å². The fourth-order valence-electron chi connectivity index (χ4n) is 7.45. The Morgan fingerprint density at radius 1 is 1.25 bits per heavy atom. The molecule has 2 atom stereocenters. The molecule has 9 nitrogen and oxygen atoms in total. The standard InChI is InChI=1S/C25H26ClFN6O3/c26-21-14-31(12-16-2-1-3-19(27)5-16)30-23(21)29-22(34)10-24-6-17-4-18(7-24)9-25(8-17,15-24)32-13-20(11-28-32)33(35)36/h1-3,5,11,13-14,17-18H,4,6-10,12,15H2,(H,29,30,34). The molecule has 1 aromatic carbocycles. The summed E-state index contributed by atoms with van der Waals surface area (Å²) in [6.45, 7) is 0.333. The maximum atomic E-state index is 13.5. The van der Waals surface area contributed by atoms with Crippen molar-refractivity contribution in [2.75, 3.05) is 5.32 Å². The number of amides is 1. The molecule has 0 aliphatic heterocycles. The highest BCUT2D eigenvalue weighted by molar-refractivity contribution is 6.33. The first kappa shape index (κ1) is 23.1. The smallest absolute Gasteiger partial charge is 0.307 e. The summed E-state index contributed by atoms with van der Waals surface area (Å²) in [6, 6.07) is 6.25. The molecule has 2 unspecified atom stereocenters. The molecule has 0 spiro atoms.